The van der Waals surface area contributed by atoms with Crippen molar-refractivity contribution in [1.29, 1.82) is 0 Å². The fraction of sp³-hybridized carbons (Fsp3) is 0.333. The van der Waals surface area contributed by atoms with Crippen LogP contribution in [0.15, 0.2) is 58.2 Å². The Hall–Kier alpha value is -3.27. The average Bonchev–Trinajstić information content (AvgIpc) is 3.28. The highest BCUT2D eigenvalue weighted by Crippen LogP contribution is 2.44. The van der Waals surface area contributed by atoms with Gasteiger partial charge in [0.1, 0.15) is 6.67 Å². The van der Waals surface area contributed by atoms with E-state index in [-0.39, 0.29) is 24.3 Å². The van der Waals surface area contributed by atoms with Gasteiger partial charge in [-0.2, -0.15) is 0 Å². The fourth-order valence-electron chi connectivity index (χ4n) is 5.78. The number of pyridine rings is 1. The summed E-state index contributed by atoms with van der Waals surface area (Å²) in [7, 11) is 0. The first kappa shape index (κ1) is 22.0. The molecular formula is C27H25N3O5S. The number of fused-ring (bicyclic) bond motifs is 3. The molecular weight excluding hydrogens is 478 g/mol. The summed E-state index contributed by atoms with van der Waals surface area (Å²) in [4.78, 5) is 29.4. The van der Waals surface area contributed by atoms with Gasteiger partial charge in [-0.1, -0.05) is 36.4 Å². The van der Waals surface area contributed by atoms with Crippen molar-refractivity contribution < 1.29 is 19.4 Å². The minimum Gasteiger partial charge on any atom is -0.502 e. The SMILES string of the molecule is O=C1c2c(O)c(=O)cc(-c3cccc4c3Cc3ccccc3SC4)n2NCN1C1CC2(C1)OCCO2. The van der Waals surface area contributed by atoms with Gasteiger partial charge >= 0.3 is 0 Å². The topological polar surface area (TPSA) is 93.0 Å². The third-order valence-corrected chi connectivity index (χ3v) is 8.84. The summed E-state index contributed by atoms with van der Waals surface area (Å²) in [6.07, 6.45) is 1.88. The van der Waals surface area contributed by atoms with Crippen LogP contribution < -0.4 is 10.9 Å². The predicted octanol–water partition coefficient (Wildman–Crippen LogP) is 3.28. The standard InChI is InChI=1S/C27H25N3O5S/c31-22-11-21(19-6-3-5-17-14-36-23-7-2-1-4-16(23)10-20(17)19)30-24(25(22)32)26(33)29(15-28-30)18-12-27(13-18)34-8-9-35-27/h1-7,11,18,28,32H,8-10,12-15H2. The van der Waals surface area contributed by atoms with Gasteiger partial charge in [-0.25, -0.2) is 4.68 Å². The molecule has 2 aromatic carbocycles. The number of nitrogens with one attached hydrogen (secondary N) is 1. The molecule has 1 saturated carbocycles. The van der Waals surface area contributed by atoms with Crippen molar-refractivity contribution in [2.75, 3.05) is 25.3 Å². The van der Waals surface area contributed by atoms with E-state index in [1.165, 1.54) is 22.1 Å². The first-order valence-corrected chi connectivity index (χ1v) is 13.2. The van der Waals surface area contributed by atoms with Gasteiger partial charge in [0.2, 0.25) is 5.43 Å². The molecule has 3 aliphatic heterocycles. The van der Waals surface area contributed by atoms with Crippen molar-refractivity contribution in [3.63, 3.8) is 0 Å². The molecule has 8 nitrogen and oxygen atoms in total. The van der Waals surface area contributed by atoms with E-state index >= 15 is 0 Å². The van der Waals surface area contributed by atoms with E-state index in [1.54, 1.807) is 21.3 Å². The molecule has 184 valence electrons. The molecule has 1 amide bonds. The third kappa shape index (κ3) is 3.30. The highest BCUT2D eigenvalue weighted by molar-refractivity contribution is 7.98. The van der Waals surface area contributed by atoms with Crippen LogP contribution in [-0.2, 0) is 21.6 Å². The van der Waals surface area contributed by atoms with Crippen molar-refractivity contribution in [3.8, 4) is 17.0 Å². The van der Waals surface area contributed by atoms with E-state index in [0.717, 1.165) is 23.3 Å². The Balaban J connectivity index is 1.29. The number of aromatic nitrogens is 1. The van der Waals surface area contributed by atoms with E-state index in [9.17, 15) is 14.7 Å². The van der Waals surface area contributed by atoms with Crippen LogP contribution in [0.5, 0.6) is 5.75 Å². The molecule has 4 heterocycles. The monoisotopic (exact) mass is 503 g/mol. The molecule has 1 spiro atoms. The van der Waals surface area contributed by atoms with Crippen LogP contribution in [0.3, 0.4) is 0 Å². The molecule has 0 bridgehead atoms. The average molecular weight is 504 g/mol. The number of nitrogens with zero attached hydrogens (tertiary/aromatic N) is 2. The molecule has 1 aromatic heterocycles. The van der Waals surface area contributed by atoms with Crippen LogP contribution >= 0.6 is 11.8 Å². The molecule has 1 saturated heterocycles. The smallest absolute Gasteiger partial charge is 0.278 e. The lowest BCUT2D eigenvalue weighted by Crippen LogP contribution is -2.61. The molecule has 9 heteroatoms. The zero-order valence-electron chi connectivity index (χ0n) is 19.5. The van der Waals surface area contributed by atoms with Gasteiger partial charge in [0, 0.05) is 41.2 Å². The minimum atomic E-state index is -0.595. The van der Waals surface area contributed by atoms with Crippen LogP contribution in [0.4, 0.5) is 0 Å². The Morgan fingerprint density at radius 3 is 2.64 bits per heavy atom. The molecule has 0 radical (unpaired) electrons. The molecule has 36 heavy (non-hydrogen) atoms. The summed E-state index contributed by atoms with van der Waals surface area (Å²) in [6.45, 7) is 1.38. The summed E-state index contributed by atoms with van der Waals surface area (Å²) < 4.78 is 13.0. The van der Waals surface area contributed by atoms with E-state index in [2.05, 4.69) is 29.7 Å². The minimum absolute atomic E-state index is 0.0287. The van der Waals surface area contributed by atoms with Gasteiger partial charge in [-0.15, -0.1) is 11.8 Å². The number of carbonyl (C=O) groups excluding carboxylic acids is 1. The molecule has 4 aliphatic rings. The molecule has 1 aliphatic carbocycles. The van der Waals surface area contributed by atoms with Crippen LogP contribution in [-0.4, -0.2) is 52.3 Å². The first-order valence-electron chi connectivity index (χ1n) is 12.2. The fourth-order valence-corrected chi connectivity index (χ4v) is 6.86. The number of hydrogen-bond donors (Lipinski definition) is 2. The van der Waals surface area contributed by atoms with Crippen molar-refractivity contribution in [1.82, 2.24) is 9.58 Å². The van der Waals surface area contributed by atoms with Crippen molar-refractivity contribution in [3.05, 3.63) is 81.1 Å². The number of thioether (sulfide) groups is 1. The zero-order chi connectivity index (χ0) is 24.4. The second-order valence-electron chi connectivity index (χ2n) is 9.70. The maximum Gasteiger partial charge on any atom is 0.278 e. The Labute approximate surface area is 211 Å². The van der Waals surface area contributed by atoms with E-state index < -0.39 is 17.0 Å². The van der Waals surface area contributed by atoms with Gasteiger partial charge in [0.25, 0.3) is 5.91 Å². The normalized spacial score (nSPS) is 20.2. The Morgan fingerprint density at radius 2 is 1.81 bits per heavy atom. The van der Waals surface area contributed by atoms with Crippen LogP contribution in [0.25, 0.3) is 11.3 Å². The summed E-state index contributed by atoms with van der Waals surface area (Å²) in [5.74, 6) is -0.678. The Kier molecular flexibility index (Phi) is 4.96. The van der Waals surface area contributed by atoms with E-state index in [1.807, 2.05) is 18.2 Å². The molecule has 0 unspecified atom stereocenters. The van der Waals surface area contributed by atoms with Crippen molar-refractivity contribution >= 4 is 17.7 Å². The van der Waals surface area contributed by atoms with E-state index in [4.69, 9.17) is 9.47 Å². The number of aromatic hydroxyl groups is 1. The maximum atomic E-state index is 13.6. The largest absolute Gasteiger partial charge is 0.502 e. The van der Waals surface area contributed by atoms with Gasteiger partial charge in [-0.05, 0) is 29.2 Å². The summed E-state index contributed by atoms with van der Waals surface area (Å²) in [5, 5.41) is 10.7. The zero-order valence-corrected chi connectivity index (χ0v) is 20.3. The van der Waals surface area contributed by atoms with Gasteiger partial charge < -0.3 is 24.9 Å². The lowest BCUT2D eigenvalue weighted by Gasteiger charge is -2.49. The molecule has 0 atom stereocenters. The lowest BCUT2D eigenvalue weighted by molar-refractivity contribution is -0.229. The Morgan fingerprint density at radius 1 is 1.03 bits per heavy atom. The van der Waals surface area contributed by atoms with Crippen LogP contribution in [0, 0.1) is 0 Å². The molecule has 7 rings (SSSR count). The maximum absolute atomic E-state index is 13.6. The van der Waals surface area contributed by atoms with Crippen LogP contribution in [0.1, 0.15) is 40.0 Å². The van der Waals surface area contributed by atoms with E-state index in [0.29, 0.717) is 31.7 Å². The number of amides is 1. The highest BCUT2D eigenvalue weighted by atomic mass is 32.2. The molecule has 2 N–H and O–H groups in total. The van der Waals surface area contributed by atoms with Gasteiger partial charge in [0.05, 0.1) is 18.9 Å². The molecule has 3 aromatic rings. The highest BCUT2D eigenvalue weighted by Gasteiger charge is 2.53. The number of carbonyl (C=O) groups is 1. The first-order chi connectivity index (χ1) is 17.5. The van der Waals surface area contributed by atoms with Gasteiger partial charge in [-0.3, -0.25) is 9.59 Å². The lowest BCUT2D eigenvalue weighted by atomic mass is 9.83. The molecule has 2 fully saturated rings. The summed E-state index contributed by atoms with van der Waals surface area (Å²) in [6, 6.07) is 15.8. The number of ether oxygens (including phenoxy) is 2. The quantitative estimate of drug-likeness (QED) is 0.555. The number of benzene rings is 2. The van der Waals surface area contributed by atoms with Crippen LogP contribution in [0.2, 0.25) is 0 Å². The predicted molar refractivity (Wildman–Crippen MR) is 135 cm³/mol. The Bertz CT molecular complexity index is 1450. The third-order valence-electron chi connectivity index (χ3n) is 7.67. The summed E-state index contributed by atoms with van der Waals surface area (Å²) in [5.41, 5.74) is 7.71. The van der Waals surface area contributed by atoms with Crippen molar-refractivity contribution in [2.24, 2.45) is 0 Å². The summed E-state index contributed by atoms with van der Waals surface area (Å²) >= 11 is 1.81. The second-order valence-corrected chi connectivity index (χ2v) is 10.7. The van der Waals surface area contributed by atoms with Gasteiger partial charge in [0.15, 0.2) is 17.2 Å². The van der Waals surface area contributed by atoms with Crippen molar-refractivity contribution in [2.45, 2.75) is 41.7 Å². The second kappa shape index (κ2) is 8.12. The number of hydrogen-bond acceptors (Lipinski definition) is 7. The number of rotatable bonds is 2.